The van der Waals surface area contributed by atoms with Crippen molar-refractivity contribution in [1.29, 1.82) is 0 Å². The average Bonchev–Trinajstić information content (AvgIpc) is 3.20. The third-order valence-corrected chi connectivity index (χ3v) is 10.8. The summed E-state index contributed by atoms with van der Waals surface area (Å²) in [6.07, 6.45) is 28.2. The van der Waals surface area contributed by atoms with E-state index >= 15 is 0 Å². The summed E-state index contributed by atoms with van der Waals surface area (Å²) >= 11 is 0. The van der Waals surface area contributed by atoms with Crippen molar-refractivity contribution in [2.45, 2.75) is 169 Å². The van der Waals surface area contributed by atoms with Gasteiger partial charge in [0.05, 0.1) is 0 Å². The van der Waals surface area contributed by atoms with E-state index in [1.165, 1.54) is 155 Å². The van der Waals surface area contributed by atoms with Gasteiger partial charge < -0.3 is 20.4 Å². The number of nitrogens with one attached hydrogen (secondary N) is 2. The van der Waals surface area contributed by atoms with Crippen LogP contribution in [0.2, 0.25) is 0 Å². The van der Waals surface area contributed by atoms with Crippen molar-refractivity contribution in [2.24, 2.45) is 0 Å². The van der Waals surface area contributed by atoms with Crippen molar-refractivity contribution in [3.05, 3.63) is 59.7 Å². The average molecular weight is 747 g/mol. The lowest BCUT2D eigenvalue weighted by molar-refractivity contribution is 0.0943. The second-order valence-electron chi connectivity index (χ2n) is 15.7. The number of rotatable bonds is 35. The molecule has 306 valence electrons. The molecule has 2 aromatic carbocycles. The van der Waals surface area contributed by atoms with Gasteiger partial charge in [0.2, 0.25) is 0 Å². The Labute approximate surface area is 333 Å². The highest BCUT2D eigenvalue weighted by Gasteiger charge is 2.11. The largest absolute Gasteiger partial charge is 0.352 e. The quantitative estimate of drug-likeness (QED) is 0.0689. The molecule has 0 radical (unpaired) electrons. The molecule has 0 fully saturated rings. The Morgan fingerprint density at radius 3 is 0.907 bits per heavy atom. The second-order valence-corrected chi connectivity index (χ2v) is 15.7. The van der Waals surface area contributed by atoms with E-state index in [0.29, 0.717) is 24.2 Å². The van der Waals surface area contributed by atoms with E-state index in [1.807, 2.05) is 48.5 Å². The Morgan fingerprint density at radius 2 is 0.630 bits per heavy atom. The summed E-state index contributed by atoms with van der Waals surface area (Å²) in [6.45, 7) is 17.3. The lowest BCUT2D eigenvalue weighted by Crippen LogP contribution is -2.31. The fourth-order valence-electron chi connectivity index (χ4n) is 7.27. The van der Waals surface area contributed by atoms with E-state index in [-0.39, 0.29) is 11.8 Å². The van der Waals surface area contributed by atoms with Gasteiger partial charge in [-0.3, -0.25) is 9.59 Å². The Kier molecular flexibility index (Phi) is 28.6. The maximum Gasteiger partial charge on any atom is 0.251 e. The number of hydrogen-bond donors (Lipinski definition) is 2. The van der Waals surface area contributed by atoms with E-state index < -0.39 is 0 Å². The predicted molar refractivity (Wildman–Crippen MR) is 234 cm³/mol. The van der Waals surface area contributed by atoms with Gasteiger partial charge in [0.15, 0.2) is 0 Å². The molecule has 0 heterocycles. The molecule has 2 N–H and O–H groups in total. The number of unbranched alkanes of at least 4 members (excludes halogenated alkanes) is 16. The third kappa shape index (κ3) is 22.6. The van der Waals surface area contributed by atoms with Crippen LogP contribution in [0.1, 0.15) is 190 Å². The fraction of sp³-hybridized carbons (Fsp3) is 0.708. The lowest BCUT2D eigenvalue weighted by atomic mass is 10.0. The predicted octanol–water partition coefficient (Wildman–Crippen LogP) is 12.1. The van der Waals surface area contributed by atoms with Crippen molar-refractivity contribution < 1.29 is 9.59 Å². The van der Waals surface area contributed by atoms with Gasteiger partial charge in [-0.1, -0.05) is 155 Å². The highest BCUT2D eigenvalue weighted by molar-refractivity contribution is 5.95. The van der Waals surface area contributed by atoms with E-state index in [0.717, 1.165) is 37.1 Å². The number of amides is 2. The van der Waals surface area contributed by atoms with Crippen LogP contribution >= 0.6 is 0 Å². The van der Waals surface area contributed by atoms with Crippen LogP contribution in [0.15, 0.2) is 48.5 Å². The van der Waals surface area contributed by atoms with Crippen LogP contribution in [0, 0.1) is 0 Å². The van der Waals surface area contributed by atoms with Gasteiger partial charge in [-0.2, -0.15) is 0 Å². The normalized spacial score (nSPS) is 11.4. The monoisotopic (exact) mass is 747 g/mol. The van der Waals surface area contributed by atoms with Crippen molar-refractivity contribution in [2.75, 3.05) is 52.4 Å². The Balaban J connectivity index is 1.75. The topological polar surface area (TPSA) is 64.7 Å². The second kappa shape index (κ2) is 32.5. The number of carbonyl (C=O) groups is 2. The van der Waals surface area contributed by atoms with Crippen LogP contribution in [0.4, 0.5) is 0 Å². The zero-order valence-electron chi connectivity index (χ0n) is 35.5. The smallest absolute Gasteiger partial charge is 0.251 e. The molecule has 6 nitrogen and oxygen atoms in total. The maximum atomic E-state index is 12.9. The summed E-state index contributed by atoms with van der Waals surface area (Å²) in [6, 6.07) is 15.6. The molecule has 0 saturated carbocycles. The van der Waals surface area contributed by atoms with E-state index in [2.05, 4.69) is 48.1 Å². The summed E-state index contributed by atoms with van der Waals surface area (Å²) in [5.74, 6) is -0.0253. The molecular formula is C48H82N4O2. The summed E-state index contributed by atoms with van der Waals surface area (Å²) in [4.78, 5) is 31.1. The Bertz CT molecular complexity index is 1060. The minimum Gasteiger partial charge on any atom is -0.352 e. The minimum atomic E-state index is -0.0127. The van der Waals surface area contributed by atoms with Crippen LogP contribution in [0.25, 0.3) is 11.1 Å². The van der Waals surface area contributed by atoms with Gasteiger partial charge in [0.25, 0.3) is 11.8 Å². The molecule has 0 saturated heterocycles. The molecule has 0 atom stereocenters. The van der Waals surface area contributed by atoms with Gasteiger partial charge in [-0.05, 0) is 113 Å². The van der Waals surface area contributed by atoms with E-state index in [4.69, 9.17) is 0 Å². The van der Waals surface area contributed by atoms with Crippen molar-refractivity contribution in [3.63, 3.8) is 0 Å². The van der Waals surface area contributed by atoms with Gasteiger partial charge >= 0.3 is 0 Å². The summed E-state index contributed by atoms with van der Waals surface area (Å²) in [7, 11) is 0. The molecule has 6 heteroatoms. The molecule has 0 bridgehead atoms. The van der Waals surface area contributed by atoms with Crippen LogP contribution in [0.3, 0.4) is 0 Å². The highest BCUT2D eigenvalue weighted by atomic mass is 16.2. The summed E-state index contributed by atoms with van der Waals surface area (Å²) in [5, 5.41) is 6.29. The summed E-state index contributed by atoms with van der Waals surface area (Å²) < 4.78 is 0. The molecule has 0 spiro atoms. The SMILES string of the molecule is CCCCCCCN(CCCCCCC)CCCNC(=O)c1ccc(-c2ccc(C(=O)NCCCN(CCCCCCC)CCCCCCC)cc2)cc1. The molecule has 0 aliphatic carbocycles. The molecule has 54 heavy (non-hydrogen) atoms. The molecule has 2 aromatic rings. The lowest BCUT2D eigenvalue weighted by Gasteiger charge is -2.22. The van der Waals surface area contributed by atoms with Crippen LogP contribution < -0.4 is 10.6 Å². The minimum absolute atomic E-state index is 0.0127. The zero-order valence-corrected chi connectivity index (χ0v) is 35.5. The van der Waals surface area contributed by atoms with E-state index in [9.17, 15) is 9.59 Å². The molecule has 2 amide bonds. The van der Waals surface area contributed by atoms with Gasteiger partial charge in [-0.25, -0.2) is 0 Å². The fourth-order valence-corrected chi connectivity index (χ4v) is 7.27. The van der Waals surface area contributed by atoms with Crippen molar-refractivity contribution >= 4 is 11.8 Å². The zero-order chi connectivity index (χ0) is 38.9. The van der Waals surface area contributed by atoms with Gasteiger partial charge in [0.1, 0.15) is 0 Å². The van der Waals surface area contributed by atoms with Crippen LogP contribution in [-0.2, 0) is 0 Å². The first-order valence-electron chi connectivity index (χ1n) is 22.7. The Hall–Kier alpha value is -2.70. The molecule has 0 aliphatic heterocycles. The molecule has 2 rings (SSSR count). The van der Waals surface area contributed by atoms with Gasteiger partial charge in [-0.15, -0.1) is 0 Å². The standard InChI is InChI=1S/C48H82N4O2/c1-5-9-13-17-21-37-51(38-22-18-14-10-6-2)41-25-35-49-47(53)45-31-27-43(28-32-45)44-29-33-46(34-30-44)48(54)50-36-26-42-52(39-23-19-15-11-7-3)40-24-20-16-12-8-4/h27-34H,5-26,35-42H2,1-4H3,(H,49,53)(H,50,54). The third-order valence-electron chi connectivity index (χ3n) is 10.8. The van der Waals surface area contributed by atoms with Crippen LogP contribution in [-0.4, -0.2) is 74.0 Å². The maximum absolute atomic E-state index is 12.9. The first-order chi connectivity index (χ1) is 26.5. The first-order valence-corrected chi connectivity index (χ1v) is 22.7. The Morgan fingerprint density at radius 1 is 0.370 bits per heavy atom. The van der Waals surface area contributed by atoms with E-state index in [1.54, 1.807) is 0 Å². The van der Waals surface area contributed by atoms with Crippen LogP contribution in [0.5, 0.6) is 0 Å². The highest BCUT2D eigenvalue weighted by Crippen LogP contribution is 2.21. The molecule has 0 aromatic heterocycles. The van der Waals surface area contributed by atoms with Gasteiger partial charge in [0, 0.05) is 24.2 Å². The number of benzene rings is 2. The summed E-state index contributed by atoms with van der Waals surface area (Å²) in [5.41, 5.74) is 3.45. The molecule has 0 unspecified atom stereocenters. The number of nitrogens with zero attached hydrogens (tertiary/aromatic N) is 2. The van der Waals surface area contributed by atoms with Crippen molar-refractivity contribution in [3.8, 4) is 11.1 Å². The molecule has 0 aliphatic rings. The van der Waals surface area contributed by atoms with Crippen molar-refractivity contribution in [1.82, 2.24) is 20.4 Å². The number of hydrogen-bond acceptors (Lipinski definition) is 4. The number of carbonyl (C=O) groups excluding carboxylic acids is 2. The first kappa shape index (κ1) is 47.5. The molecular weight excluding hydrogens is 665 g/mol.